The van der Waals surface area contributed by atoms with E-state index in [0.29, 0.717) is 35.0 Å². The fraction of sp³-hybridized carbons (Fsp3) is 0.476. The lowest BCUT2D eigenvalue weighted by Crippen LogP contribution is -2.48. The molecule has 1 aliphatic heterocycles. The van der Waals surface area contributed by atoms with E-state index in [0.717, 1.165) is 0 Å². The van der Waals surface area contributed by atoms with Gasteiger partial charge in [0.15, 0.2) is 16.4 Å². The minimum absolute atomic E-state index is 0.0365. The van der Waals surface area contributed by atoms with Gasteiger partial charge in [0.2, 0.25) is 0 Å². The monoisotopic (exact) mass is 418 g/mol. The predicted octanol–water partition coefficient (Wildman–Crippen LogP) is 2.51. The van der Waals surface area contributed by atoms with Gasteiger partial charge in [0.05, 0.1) is 22.6 Å². The van der Waals surface area contributed by atoms with E-state index in [1.54, 1.807) is 24.0 Å². The molecule has 29 heavy (non-hydrogen) atoms. The quantitative estimate of drug-likeness (QED) is 0.669. The van der Waals surface area contributed by atoms with E-state index >= 15 is 0 Å². The first-order valence-corrected chi connectivity index (χ1v) is 11.6. The number of para-hydroxylation sites is 1. The van der Waals surface area contributed by atoms with Crippen molar-refractivity contribution in [2.24, 2.45) is 0 Å². The van der Waals surface area contributed by atoms with Crippen molar-refractivity contribution in [3.05, 3.63) is 41.6 Å². The molecule has 0 unspecified atom stereocenters. The van der Waals surface area contributed by atoms with Gasteiger partial charge in [-0.15, -0.1) is 0 Å². The fourth-order valence-electron chi connectivity index (χ4n) is 3.76. The molecule has 0 radical (unpaired) electrons. The maximum Gasteiger partial charge on any atom is 0.339 e. The summed E-state index contributed by atoms with van der Waals surface area (Å²) in [5, 5.41) is 0.663. The van der Waals surface area contributed by atoms with Crippen molar-refractivity contribution in [3.63, 3.8) is 0 Å². The third kappa shape index (κ3) is 4.75. The summed E-state index contributed by atoms with van der Waals surface area (Å²) < 4.78 is 29.0. The van der Waals surface area contributed by atoms with Crippen LogP contribution in [0.5, 0.6) is 0 Å². The molecule has 1 saturated heterocycles. The topological polar surface area (TPSA) is 93.6 Å². The lowest BCUT2D eigenvalue weighted by atomic mass is 10.1. The number of rotatable bonds is 6. The third-order valence-corrected chi connectivity index (χ3v) is 7.10. The van der Waals surface area contributed by atoms with Crippen molar-refractivity contribution in [2.75, 3.05) is 18.1 Å². The Morgan fingerprint density at radius 2 is 2.03 bits per heavy atom. The summed E-state index contributed by atoms with van der Waals surface area (Å²) in [5.74, 6) is -0.918. The van der Waals surface area contributed by atoms with Gasteiger partial charge in [-0.05, 0) is 38.8 Å². The van der Waals surface area contributed by atoms with Gasteiger partial charge >= 0.3 is 5.97 Å². The third-order valence-electron chi connectivity index (χ3n) is 5.35. The number of pyridine rings is 1. The maximum atomic E-state index is 12.8. The van der Waals surface area contributed by atoms with Crippen LogP contribution in [0.4, 0.5) is 0 Å². The van der Waals surface area contributed by atoms with Gasteiger partial charge in [0.25, 0.3) is 5.91 Å². The van der Waals surface area contributed by atoms with Gasteiger partial charge in [-0.3, -0.25) is 9.78 Å². The second-order valence-electron chi connectivity index (χ2n) is 7.52. The summed E-state index contributed by atoms with van der Waals surface area (Å²) in [7, 11) is -3.13. The maximum absolute atomic E-state index is 12.8. The molecule has 7 nitrogen and oxygen atoms in total. The van der Waals surface area contributed by atoms with Gasteiger partial charge in [-0.25, -0.2) is 13.2 Å². The molecule has 1 fully saturated rings. The number of hydrogen-bond acceptors (Lipinski definition) is 6. The van der Waals surface area contributed by atoms with Crippen molar-refractivity contribution in [3.8, 4) is 0 Å². The summed E-state index contributed by atoms with van der Waals surface area (Å²) in [6.45, 7) is 5.19. The molecule has 1 aliphatic rings. The first kappa shape index (κ1) is 21.2. The van der Waals surface area contributed by atoms with Crippen LogP contribution in [0.25, 0.3) is 10.9 Å². The molecule has 3 rings (SSSR count). The number of ether oxygens (including phenoxy) is 1. The van der Waals surface area contributed by atoms with E-state index in [-0.39, 0.29) is 29.5 Å². The number of hydrogen-bond donors (Lipinski definition) is 0. The van der Waals surface area contributed by atoms with Crippen molar-refractivity contribution >= 4 is 32.6 Å². The van der Waals surface area contributed by atoms with Crippen LogP contribution in [0.1, 0.15) is 42.7 Å². The van der Waals surface area contributed by atoms with Crippen LogP contribution in [-0.2, 0) is 19.4 Å². The van der Waals surface area contributed by atoms with Gasteiger partial charge in [-0.2, -0.15) is 0 Å². The average Bonchev–Trinajstić information content (AvgIpc) is 3.04. The number of benzene rings is 1. The Morgan fingerprint density at radius 3 is 2.69 bits per heavy atom. The van der Waals surface area contributed by atoms with Gasteiger partial charge < -0.3 is 9.64 Å². The normalized spacial score (nSPS) is 19.1. The molecule has 0 bridgehead atoms. The van der Waals surface area contributed by atoms with E-state index in [4.69, 9.17) is 4.74 Å². The van der Waals surface area contributed by atoms with Gasteiger partial charge in [0, 0.05) is 23.2 Å². The highest BCUT2D eigenvalue weighted by Crippen LogP contribution is 2.22. The van der Waals surface area contributed by atoms with Crippen LogP contribution < -0.4 is 0 Å². The number of esters is 1. The number of aryl methyl sites for hydroxylation is 1. The molecular formula is C21H26N2O5S. The summed E-state index contributed by atoms with van der Waals surface area (Å²) in [5.41, 5.74) is 1.72. The first-order valence-electron chi connectivity index (χ1n) is 9.77. The minimum atomic E-state index is -3.13. The van der Waals surface area contributed by atoms with E-state index in [2.05, 4.69) is 4.98 Å². The lowest BCUT2D eigenvalue weighted by molar-refractivity contribution is -0.138. The van der Waals surface area contributed by atoms with Crippen LogP contribution in [0, 0.1) is 6.92 Å². The second kappa shape index (κ2) is 8.49. The number of carbonyl (C=O) groups excluding carboxylic acids is 2. The van der Waals surface area contributed by atoms with Gasteiger partial charge in [0.1, 0.15) is 0 Å². The first-order chi connectivity index (χ1) is 13.7. The van der Waals surface area contributed by atoms with Crippen molar-refractivity contribution in [2.45, 2.75) is 45.7 Å². The molecule has 1 amide bonds. The zero-order chi connectivity index (χ0) is 21.2. The minimum Gasteiger partial charge on any atom is -0.452 e. The molecule has 1 aromatic heterocycles. The smallest absolute Gasteiger partial charge is 0.339 e. The number of fused-ring (bicyclic) bond motifs is 1. The molecule has 1 aromatic carbocycles. The van der Waals surface area contributed by atoms with Crippen molar-refractivity contribution < 1.29 is 22.7 Å². The van der Waals surface area contributed by atoms with Gasteiger partial charge in [-0.1, -0.05) is 25.1 Å². The van der Waals surface area contributed by atoms with Crippen molar-refractivity contribution in [1.82, 2.24) is 9.88 Å². The highest BCUT2D eigenvalue weighted by atomic mass is 32.2. The van der Waals surface area contributed by atoms with E-state index in [1.807, 2.05) is 32.0 Å². The molecule has 8 heteroatoms. The molecule has 0 N–H and O–H groups in total. The van der Waals surface area contributed by atoms with E-state index in [9.17, 15) is 18.0 Å². The number of sulfone groups is 1. The highest BCUT2D eigenvalue weighted by molar-refractivity contribution is 7.91. The number of carbonyl (C=O) groups is 2. The number of aromatic nitrogens is 1. The Morgan fingerprint density at radius 1 is 1.31 bits per heavy atom. The Balaban J connectivity index is 1.76. The fourth-order valence-corrected chi connectivity index (χ4v) is 5.47. The molecule has 0 aliphatic carbocycles. The van der Waals surface area contributed by atoms with E-state index < -0.39 is 22.4 Å². The number of amides is 1. The standard InChI is InChI=1S/C21H26N2O5S/c1-4-15(3)23(16-9-10-29(26,27)13-16)20(24)12-28-21(25)18-11-14(2)22-19-8-6-5-7-17(18)19/h5-8,11,15-16H,4,9-10,12-13H2,1-3H3/t15-,16+/m1/s1. The average molecular weight is 419 g/mol. The summed E-state index contributed by atoms with van der Waals surface area (Å²) in [4.78, 5) is 31.5. The molecule has 2 heterocycles. The Labute approximate surface area is 171 Å². The molecule has 2 atom stereocenters. The Kier molecular flexibility index (Phi) is 6.21. The number of nitrogens with zero attached hydrogens (tertiary/aromatic N) is 2. The SMILES string of the molecule is CC[C@@H](C)N(C(=O)COC(=O)c1cc(C)nc2ccccc12)[C@H]1CCS(=O)(=O)C1. The van der Waals surface area contributed by atoms with Crippen LogP contribution in [0.15, 0.2) is 30.3 Å². The van der Waals surface area contributed by atoms with Crippen molar-refractivity contribution in [1.29, 1.82) is 0 Å². The van der Waals surface area contributed by atoms with Crippen LogP contribution in [0.3, 0.4) is 0 Å². The molecular weight excluding hydrogens is 392 g/mol. The molecule has 0 spiro atoms. The largest absolute Gasteiger partial charge is 0.452 e. The Hall–Kier alpha value is -2.48. The molecule has 156 valence electrons. The second-order valence-corrected chi connectivity index (χ2v) is 9.75. The molecule has 0 saturated carbocycles. The van der Waals surface area contributed by atoms with E-state index in [1.165, 1.54) is 0 Å². The Bertz CT molecular complexity index is 1030. The summed E-state index contributed by atoms with van der Waals surface area (Å²) >= 11 is 0. The zero-order valence-electron chi connectivity index (χ0n) is 16.9. The lowest BCUT2D eigenvalue weighted by Gasteiger charge is -2.33. The van der Waals surface area contributed by atoms with Crippen LogP contribution >= 0.6 is 0 Å². The summed E-state index contributed by atoms with van der Waals surface area (Å²) in [6, 6.07) is 8.39. The van der Waals surface area contributed by atoms with Crippen LogP contribution in [-0.4, -0.2) is 60.4 Å². The summed E-state index contributed by atoms with van der Waals surface area (Å²) in [6.07, 6.45) is 1.10. The predicted molar refractivity (Wildman–Crippen MR) is 110 cm³/mol. The van der Waals surface area contributed by atoms with Crippen LogP contribution in [0.2, 0.25) is 0 Å². The zero-order valence-corrected chi connectivity index (χ0v) is 17.7. The highest BCUT2D eigenvalue weighted by Gasteiger charge is 2.36. The molecule has 2 aromatic rings.